The standard InChI is InChI=1S/C40H45N5O7/c1-28-13-10-18-32(21-28)44(6)37(48)27-51-34-20-12-19-33(24-34)45(26-36(47)43(5)31-16-8-7-9-17-31)35(46)25-41-39(50)42-30-15-11-14-29(22-30)23-38(49)52-40(2,3)4/h7-22,24H,23,25-27H2,1-6H3,(H2,41,42,50). The first kappa shape index (κ1) is 38.6. The van der Waals surface area contributed by atoms with Gasteiger partial charge in [-0.05, 0) is 87.4 Å². The third-order valence-corrected chi connectivity index (χ3v) is 7.72. The van der Waals surface area contributed by atoms with Crippen molar-refractivity contribution in [1.29, 1.82) is 0 Å². The summed E-state index contributed by atoms with van der Waals surface area (Å²) in [5.41, 5.74) is 3.13. The molecule has 4 rings (SSSR count). The molecule has 0 heterocycles. The van der Waals surface area contributed by atoms with E-state index in [1.165, 1.54) is 14.7 Å². The lowest BCUT2D eigenvalue weighted by atomic mass is 10.1. The fourth-order valence-electron chi connectivity index (χ4n) is 5.05. The first-order valence-electron chi connectivity index (χ1n) is 16.7. The maximum Gasteiger partial charge on any atom is 0.319 e. The fourth-order valence-corrected chi connectivity index (χ4v) is 5.05. The maximum atomic E-state index is 13.7. The molecule has 52 heavy (non-hydrogen) atoms. The molecule has 0 radical (unpaired) electrons. The minimum atomic E-state index is -0.663. The molecule has 12 nitrogen and oxygen atoms in total. The van der Waals surface area contributed by atoms with Gasteiger partial charge >= 0.3 is 12.0 Å². The third-order valence-electron chi connectivity index (χ3n) is 7.72. The summed E-state index contributed by atoms with van der Waals surface area (Å²) in [6, 6.07) is 29.1. The second-order valence-electron chi connectivity index (χ2n) is 13.1. The molecule has 0 aliphatic heterocycles. The van der Waals surface area contributed by atoms with Gasteiger partial charge in [-0.3, -0.25) is 19.2 Å². The smallest absolute Gasteiger partial charge is 0.319 e. The van der Waals surface area contributed by atoms with Gasteiger partial charge in [0.25, 0.3) is 5.91 Å². The monoisotopic (exact) mass is 707 g/mol. The quantitative estimate of drug-likeness (QED) is 0.169. The first-order chi connectivity index (χ1) is 24.7. The van der Waals surface area contributed by atoms with E-state index >= 15 is 0 Å². The molecule has 4 aromatic rings. The highest BCUT2D eigenvalue weighted by molar-refractivity contribution is 6.05. The zero-order valence-corrected chi connectivity index (χ0v) is 30.3. The van der Waals surface area contributed by atoms with E-state index in [9.17, 15) is 24.0 Å². The number of esters is 1. The van der Waals surface area contributed by atoms with E-state index < -0.39 is 30.1 Å². The zero-order valence-electron chi connectivity index (χ0n) is 30.3. The van der Waals surface area contributed by atoms with Gasteiger partial charge < -0.3 is 34.8 Å². The fraction of sp³-hybridized carbons (Fsp3) is 0.275. The number of ether oxygens (including phenoxy) is 2. The van der Waals surface area contributed by atoms with Crippen molar-refractivity contribution in [2.75, 3.05) is 53.8 Å². The van der Waals surface area contributed by atoms with Crippen molar-refractivity contribution in [3.05, 3.63) is 114 Å². The van der Waals surface area contributed by atoms with Crippen molar-refractivity contribution in [2.24, 2.45) is 0 Å². The van der Waals surface area contributed by atoms with Crippen LogP contribution in [0.2, 0.25) is 0 Å². The molecule has 0 aromatic heterocycles. The highest BCUT2D eigenvalue weighted by Crippen LogP contribution is 2.23. The van der Waals surface area contributed by atoms with Crippen LogP contribution in [0.5, 0.6) is 5.75 Å². The lowest BCUT2D eigenvalue weighted by Gasteiger charge is -2.26. The Morgan fingerprint density at radius 3 is 2.06 bits per heavy atom. The Bertz CT molecular complexity index is 1890. The maximum absolute atomic E-state index is 13.7. The second-order valence-corrected chi connectivity index (χ2v) is 13.1. The van der Waals surface area contributed by atoms with Crippen molar-refractivity contribution in [1.82, 2.24) is 5.32 Å². The molecule has 4 aromatic carbocycles. The Labute approximate surface area is 304 Å². The second kappa shape index (κ2) is 17.7. The van der Waals surface area contributed by atoms with Gasteiger partial charge in [-0.2, -0.15) is 0 Å². The van der Waals surface area contributed by atoms with Crippen LogP contribution in [0.15, 0.2) is 103 Å². The van der Waals surface area contributed by atoms with Crippen LogP contribution in [0, 0.1) is 6.92 Å². The molecule has 0 fully saturated rings. The number of aryl methyl sites for hydroxylation is 1. The van der Waals surface area contributed by atoms with Crippen LogP contribution in [-0.2, 0) is 30.3 Å². The van der Waals surface area contributed by atoms with Crippen molar-refractivity contribution in [3.8, 4) is 5.75 Å². The van der Waals surface area contributed by atoms with E-state index in [-0.39, 0.29) is 31.4 Å². The number of likely N-dealkylation sites (N-methyl/N-ethyl adjacent to an activating group) is 2. The molecule has 0 unspecified atom stereocenters. The van der Waals surface area contributed by atoms with E-state index in [1.807, 2.05) is 37.3 Å². The number of para-hydroxylation sites is 1. The van der Waals surface area contributed by atoms with Gasteiger partial charge in [0.15, 0.2) is 6.61 Å². The number of carbonyl (C=O) groups excluding carboxylic acids is 5. The van der Waals surface area contributed by atoms with Crippen molar-refractivity contribution in [3.63, 3.8) is 0 Å². The summed E-state index contributed by atoms with van der Waals surface area (Å²) >= 11 is 0. The molecule has 0 saturated carbocycles. The minimum absolute atomic E-state index is 0.0215. The van der Waals surface area contributed by atoms with Crippen LogP contribution in [0.4, 0.5) is 27.5 Å². The molecule has 0 aliphatic rings. The average molecular weight is 708 g/mol. The molecule has 12 heteroatoms. The Kier molecular flexibility index (Phi) is 13.1. The van der Waals surface area contributed by atoms with E-state index in [2.05, 4.69) is 10.6 Å². The number of rotatable bonds is 13. The summed E-state index contributed by atoms with van der Waals surface area (Å²) in [5.74, 6) is -1.33. The third kappa shape index (κ3) is 11.7. The van der Waals surface area contributed by atoms with Gasteiger partial charge in [0, 0.05) is 42.9 Å². The zero-order chi connectivity index (χ0) is 37.8. The minimum Gasteiger partial charge on any atom is -0.484 e. The average Bonchev–Trinajstić information content (AvgIpc) is 3.10. The Morgan fingerprint density at radius 1 is 0.692 bits per heavy atom. The first-order valence-corrected chi connectivity index (χ1v) is 16.7. The van der Waals surface area contributed by atoms with Crippen LogP contribution >= 0.6 is 0 Å². The number of amides is 5. The highest BCUT2D eigenvalue weighted by Gasteiger charge is 2.24. The molecular weight excluding hydrogens is 662 g/mol. The van der Waals surface area contributed by atoms with Crippen LogP contribution < -0.4 is 30.1 Å². The van der Waals surface area contributed by atoms with Crippen molar-refractivity contribution < 1.29 is 33.4 Å². The number of urea groups is 1. The van der Waals surface area contributed by atoms with Gasteiger partial charge in [-0.1, -0.05) is 48.5 Å². The number of hydrogen-bond donors (Lipinski definition) is 2. The molecule has 5 amide bonds. The van der Waals surface area contributed by atoms with Crippen LogP contribution in [-0.4, -0.2) is 69.1 Å². The van der Waals surface area contributed by atoms with Crippen LogP contribution in [0.1, 0.15) is 31.9 Å². The summed E-state index contributed by atoms with van der Waals surface area (Å²) in [5, 5.41) is 5.23. The molecule has 0 atom stereocenters. The molecule has 0 bridgehead atoms. The summed E-state index contributed by atoms with van der Waals surface area (Å²) in [7, 11) is 3.27. The van der Waals surface area contributed by atoms with Crippen LogP contribution in [0.3, 0.4) is 0 Å². The number of nitrogens with one attached hydrogen (secondary N) is 2. The van der Waals surface area contributed by atoms with Crippen molar-refractivity contribution in [2.45, 2.75) is 39.7 Å². The Balaban J connectivity index is 1.45. The number of nitrogens with zero attached hydrogens (tertiary/aromatic N) is 3. The SMILES string of the molecule is Cc1cccc(N(C)C(=O)COc2cccc(N(CC(=O)N(C)c3ccccc3)C(=O)CNC(=O)Nc3cccc(CC(=O)OC(C)(C)C)c3)c2)c1. The number of hydrogen-bond acceptors (Lipinski definition) is 7. The molecular formula is C40H45N5O7. The van der Waals surface area contributed by atoms with Gasteiger partial charge in [0.2, 0.25) is 11.8 Å². The summed E-state index contributed by atoms with van der Waals surface area (Å²) in [6.45, 7) is 6.23. The normalized spacial score (nSPS) is 10.8. The summed E-state index contributed by atoms with van der Waals surface area (Å²) in [4.78, 5) is 69.4. The molecule has 272 valence electrons. The molecule has 0 spiro atoms. The number of benzene rings is 4. The van der Waals surface area contributed by atoms with Gasteiger partial charge in [0.1, 0.15) is 17.9 Å². The summed E-state index contributed by atoms with van der Waals surface area (Å²) in [6.07, 6.45) is 0.0215. The molecule has 2 N–H and O–H groups in total. The van der Waals surface area contributed by atoms with E-state index in [0.717, 1.165) is 11.3 Å². The molecule has 0 aliphatic carbocycles. The van der Waals surface area contributed by atoms with Crippen molar-refractivity contribution >= 4 is 52.5 Å². The predicted octanol–water partition coefficient (Wildman–Crippen LogP) is 5.74. The van der Waals surface area contributed by atoms with Gasteiger partial charge in [-0.25, -0.2) is 4.79 Å². The molecule has 0 saturated heterocycles. The number of carbonyl (C=O) groups is 5. The van der Waals surface area contributed by atoms with Crippen LogP contribution in [0.25, 0.3) is 0 Å². The lowest BCUT2D eigenvalue weighted by Crippen LogP contribution is -2.46. The van der Waals surface area contributed by atoms with E-state index in [4.69, 9.17) is 9.47 Å². The van der Waals surface area contributed by atoms with Gasteiger partial charge in [-0.15, -0.1) is 0 Å². The highest BCUT2D eigenvalue weighted by atomic mass is 16.6. The Hall–Kier alpha value is -6.17. The Morgan fingerprint density at radius 2 is 1.35 bits per heavy atom. The van der Waals surface area contributed by atoms with Gasteiger partial charge in [0.05, 0.1) is 13.0 Å². The number of anilines is 4. The van der Waals surface area contributed by atoms with E-state index in [0.29, 0.717) is 28.4 Å². The lowest BCUT2D eigenvalue weighted by molar-refractivity contribution is -0.154. The largest absolute Gasteiger partial charge is 0.484 e. The predicted molar refractivity (Wildman–Crippen MR) is 202 cm³/mol. The summed E-state index contributed by atoms with van der Waals surface area (Å²) < 4.78 is 11.2. The topological polar surface area (TPSA) is 138 Å². The van der Waals surface area contributed by atoms with E-state index in [1.54, 1.807) is 108 Å².